The van der Waals surface area contributed by atoms with Crippen molar-refractivity contribution in [2.24, 2.45) is 0 Å². The third-order valence-corrected chi connectivity index (χ3v) is 4.07. The number of nitrogens with zero attached hydrogens (tertiary/aromatic N) is 1. The van der Waals surface area contributed by atoms with Crippen LogP contribution in [-0.2, 0) is 15.9 Å². The van der Waals surface area contributed by atoms with E-state index in [1.165, 1.54) is 0 Å². The fourth-order valence-electron chi connectivity index (χ4n) is 2.20. The van der Waals surface area contributed by atoms with Crippen molar-refractivity contribution in [2.75, 3.05) is 14.1 Å². The summed E-state index contributed by atoms with van der Waals surface area (Å²) in [5.41, 5.74) is 0.498. The lowest BCUT2D eigenvalue weighted by Gasteiger charge is -2.32. The molecule has 0 spiro atoms. The molecule has 1 aliphatic heterocycles. The molecular weight excluding hydrogens is 256 g/mol. The highest BCUT2D eigenvalue weighted by atomic mass is 19.1. The van der Waals surface area contributed by atoms with Gasteiger partial charge in [-0.1, -0.05) is 12.1 Å². The van der Waals surface area contributed by atoms with Crippen molar-refractivity contribution in [3.8, 4) is 0 Å². The lowest BCUT2D eigenvalue weighted by Crippen LogP contribution is -2.41. The van der Waals surface area contributed by atoms with Crippen molar-refractivity contribution in [3.63, 3.8) is 0 Å². The normalized spacial score (nSPS) is 20.7. The standard InChI is InChI=1S/C15H23BFNO2/c1-14(2)15(3,4)20-16(19-14)12-8-7-11(9-13(12)17)10-18(5)6/h7-9H,10H2,1-6H3. The summed E-state index contributed by atoms with van der Waals surface area (Å²) < 4.78 is 26.0. The number of hydrogen-bond acceptors (Lipinski definition) is 3. The molecule has 0 unspecified atom stereocenters. The zero-order valence-electron chi connectivity index (χ0n) is 13.2. The molecule has 110 valence electrons. The van der Waals surface area contributed by atoms with Gasteiger partial charge in [-0.15, -0.1) is 0 Å². The van der Waals surface area contributed by atoms with Gasteiger partial charge in [-0.25, -0.2) is 4.39 Å². The van der Waals surface area contributed by atoms with Crippen LogP contribution >= 0.6 is 0 Å². The molecule has 0 atom stereocenters. The Labute approximate surface area is 121 Å². The van der Waals surface area contributed by atoms with E-state index in [1.807, 2.05) is 52.8 Å². The Kier molecular flexibility index (Phi) is 3.97. The van der Waals surface area contributed by atoms with Crippen LogP contribution in [0.15, 0.2) is 18.2 Å². The highest BCUT2D eigenvalue weighted by molar-refractivity contribution is 6.62. The molecule has 1 aromatic rings. The van der Waals surface area contributed by atoms with E-state index < -0.39 is 18.3 Å². The fourth-order valence-corrected chi connectivity index (χ4v) is 2.20. The summed E-state index contributed by atoms with van der Waals surface area (Å²) in [6, 6.07) is 5.24. The van der Waals surface area contributed by atoms with Gasteiger partial charge in [0.25, 0.3) is 0 Å². The van der Waals surface area contributed by atoms with Crippen LogP contribution in [-0.4, -0.2) is 37.3 Å². The van der Waals surface area contributed by atoms with Crippen molar-refractivity contribution in [1.82, 2.24) is 4.90 Å². The minimum atomic E-state index is -0.645. The smallest absolute Gasteiger partial charge is 0.399 e. The van der Waals surface area contributed by atoms with Gasteiger partial charge in [0.1, 0.15) is 5.82 Å². The summed E-state index contributed by atoms with van der Waals surface area (Å²) in [6.07, 6.45) is 0. The summed E-state index contributed by atoms with van der Waals surface area (Å²) in [5.74, 6) is -0.275. The summed E-state index contributed by atoms with van der Waals surface area (Å²) in [5, 5.41) is 0. The predicted molar refractivity (Wildman–Crippen MR) is 79.5 cm³/mol. The van der Waals surface area contributed by atoms with E-state index in [9.17, 15) is 4.39 Å². The predicted octanol–water partition coefficient (Wildman–Crippen LogP) is 2.19. The van der Waals surface area contributed by atoms with Gasteiger partial charge in [0.2, 0.25) is 0 Å². The second-order valence-electron chi connectivity index (χ2n) is 6.68. The van der Waals surface area contributed by atoms with Crippen LogP contribution in [0, 0.1) is 5.82 Å². The quantitative estimate of drug-likeness (QED) is 0.792. The van der Waals surface area contributed by atoms with Gasteiger partial charge in [0.15, 0.2) is 0 Å². The summed E-state index contributed by atoms with van der Waals surface area (Å²) in [6.45, 7) is 8.56. The minimum absolute atomic E-state index is 0.275. The zero-order chi connectivity index (χ0) is 15.1. The molecule has 0 amide bonds. The maximum Gasteiger partial charge on any atom is 0.497 e. The van der Waals surface area contributed by atoms with E-state index in [1.54, 1.807) is 12.1 Å². The molecule has 1 fully saturated rings. The van der Waals surface area contributed by atoms with E-state index in [2.05, 4.69) is 0 Å². The van der Waals surface area contributed by atoms with Crippen LogP contribution in [0.2, 0.25) is 0 Å². The molecule has 1 aliphatic rings. The Hall–Kier alpha value is -0.905. The number of rotatable bonds is 3. The molecule has 1 saturated heterocycles. The van der Waals surface area contributed by atoms with E-state index in [0.717, 1.165) is 5.56 Å². The van der Waals surface area contributed by atoms with E-state index in [-0.39, 0.29) is 5.82 Å². The average Bonchev–Trinajstić information content (AvgIpc) is 2.46. The monoisotopic (exact) mass is 279 g/mol. The molecule has 20 heavy (non-hydrogen) atoms. The van der Waals surface area contributed by atoms with Crippen molar-refractivity contribution >= 4 is 12.6 Å². The Morgan fingerprint density at radius 1 is 1.10 bits per heavy atom. The average molecular weight is 279 g/mol. The van der Waals surface area contributed by atoms with Crippen LogP contribution in [0.5, 0.6) is 0 Å². The van der Waals surface area contributed by atoms with Crippen LogP contribution in [0.1, 0.15) is 33.3 Å². The van der Waals surface area contributed by atoms with Gasteiger partial charge in [0.05, 0.1) is 11.2 Å². The first-order chi connectivity index (χ1) is 9.12. The second-order valence-corrected chi connectivity index (χ2v) is 6.68. The van der Waals surface area contributed by atoms with Crippen LogP contribution in [0.3, 0.4) is 0 Å². The van der Waals surface area contributed by atoms with Gasteiger partial charge >= 0.3 is 7.12 Å². The summed E-state index contributed by atoms with van der Waals surface area (Å²) in [7, 11) is 3.27. The minimum Gasteiger partial charge on any atom is -0.399 e. The number of halogens is 1. The second kappa shape index (κ2) is 5.13. The van der Waals surface area contributed by atoms with Crippen LogP contribution < -0.4 is 5.46 Å². The highest BCUT2D eigenvalue weighted by Crippen LogP contribution is 2.36. The topological polar surface area (TPSA) is 21.7 Å². The fraction of sp³-hybridized carbons (Fsp3) is 0.600. The van der Waals surface area contributed by atoms with Crippen molar-refractivity contribution in [2.45, 2.75) is 45.4 Å². The Balaban J connectivity index is 2.23. The Morgan fingerprint density at radius 3 is 2.10 bits per heavy atom. The van der Waals surface area contributed by atoms with Crippen LogP contribution in [0.25, 0.3) is 0 Å². The third kappa shape index (κ3) is 2.90. The molecular formula is C15H23BFNO2. The van der Waals surface area contributed by atoms with Gasteiger partial charge in [-0.2, -0.15) is 0 Å². The summed E-state index contributed by atoms with van der Waals surface area (Å²) in [4.78, 5) is 2.00. The van der Waals surface area contributed by atoms with Crippen molar-refractivity contribution in [3.05, 3.63) is 29.6 Å². The van der Waals surface area contributed by atoms with E-state index >= 15 is 0 Å². The Bertz CT molecular complexity index is 487. The van der Waals surface area contributed by atoms with Crippen LogP contribution in [0.4, 0.5) is 4.39 Å². The molecule has 3 nitrogen and oxygen atoms in total. The van der Waals surface area contributed by atoms with Crippen molar-refractivity contribution in [1.29, 1.82) is 0 Å². The molecule has 0 N–H and O–H groups in total. The lowest BCUT2D eigenvalue weighted by atomic mass is 9.78. The highest BCUT2D eigenvalue weighted by Gasteiger charge is 2.52. The molecule has 0 aromatic heterocycles. The zero-order valence-corrected chi connectivity index (χ0v) is 13.2. The maximum atomic E-state index is 14.3. The van der Waals surface area contributed by atoms with Gasteiger partial charge < -0.3 is 14.2 Å². The SMILES string of the molecule is CN(C)Cc1ccc(B2OC(C)(C)C(C)(C)O2)c(F)c1. The van der Waals surface area contributed by atoms with Gasteiger partial charge in [-0.05, 0) is 53.4 Å². The Morgan fingerprint density at radius 2 is 1.65 bits per heavy atom. The number of benzene rings is 1. The number of hydrogen-bond donors (Lipinski definition) is 0. The molecule has 0 aliphatic carbocycles. The summed E-state index contributed by atoms with van der Waals surface area (Å²) >= 11 is 0. The van der Waals surface area contributed by atoms with Crippen molar-refractivity contribution < 1.29 is 13.7 Å². The molecule has 5 heteroatoms. The molecule has 0 saturated carbocycles. The first-order valence-corrected chi connectivity index (χ1v) is 6.91. The van der Waals surface area contributed by atoms with E-state index in [0.29, 0.717) is 12.0 Å². The first kappa shape index (κ1) is 15.5. The van der Waals surface area contributed by atoms with Gasteiger partial charge in [-0.3, -0.25) is 0 Å². The molecule has 0 bridgehead atoms. The molecule has 1 heterocycles. The maximum absolute atomic E-state index is 14.3. The molecule has 2 rings (SSSR count). The first-order valence-electron chi connectivity index (χ1n) is 6.91. The molecule has 0 radical (unpaired) electrons. The van der Waals surface area contributed by atoms with Gasteiger partial charge in [0, 0.05) is 12.0 Å². The lowest BCUT2D eigenvalue weighted by molar-refractivity contribution is 0.00578. The third-order valence-electron chi connectivity index (χ3n) is 4.07. The largest absolute Gasteiger partial charge is 0.497 e. The van der Waals surface area contributed by atoms with E-state index in [4.69, 9.17) is 9.31 Å². The molecule has 1 aromatic carbocycles.